The van der Waals surface area contributed by atoms with Crippen LogP contribution >= 0.6 is 0 Å². The van der Waals surface area contributed by atoms with Crippen LogP contribution in [0.1, 0.15) is 67.7 Å². The van der Waals surface area contributed by atoms with Gasteiger partial charge in [0.05, 0.1) is 13.0 Å². The maximum absolute atomic E-state index is 12.6. The molecule has 2 atom stereocenters. The number of carbonyl (C=O) groups is 3. The van der Waals surface area contributed by atoms with Crippen molar-refractivity contribution in [1.29, 1.82) is 0 Å². The van der Waals surface area contributed by atoms with E-state index in [1.165, 1.54) is 4.90 Å². The van der Waals surface area contributed by atoms with Gasteiger partial charge in [-0.1, -0.05) is 0 Å². The lowest BCUT2D eigenvalue weighted by Crippen LogP contribution is -2.49. The molecule has 0 aromatic heterocycles. The number of esters is 2. The summed E-state index contributed by atoms with van der Waals surface area (Å²) in [6, 6.07) is -1.19. The first-order valence-corrected chi connectivity index (χ1v) is 8.74. The summed E-state index contributed by atoms with van der Waals surface area (Å²) in [5.74, 6) is -0.879. The second-order valence-corrected chi connectivity index (χ2v) is 8.18. The van der Waals surface area contributed by atoms with Gasteiger partial charge in [-0.05, 0) is 61.3 Å². The summed E-state index contributed by atoms with van der Waals surface area (Å²) in [4.78, 5) is 38.3. The average Bonchev–Trinajstić information content (AvgIpc) is 2.78. The predicted molar refractivity (Wildman–Crippen MR) is 92.0 cm³/mol. The molecule has 7 heteroatoms. The minimum Gasteiger partial charge on any atom is -0.466 e. The molecule has 0 aliphatic carbocycles. The largest absolute Gasteiger partial charge is 0.466 e. The van der Waals surface area contributed by atoms with Gasteiger partial charge in [0.15, 0.2) is 0 Å². The van der Waals surface area contributed by atoms with Gasteiger partial charge >= 0.3 is 18.0 Å². The third-order valence-electron chi connectivity index (χ3n) is 3.49. The Morgan fingerprint density at radius 1 is 0.960 bits per heavy atom. The number of amides is 1. The summed E-state index contributed by atoms with van der Waals surface area (Å²) < 4.78 is 15.8. The van der Waals surface area contributed by atoms with Gasteiger partial charge in [-0.2, -0.15) is 0 Å². The average molecular weight is 357 g/mol. The van der Waals surface area contributed by atoms with E-state index >= 15 is 0 Å². The Morgan fingerprint density at radius 3 is 2.00 bits per heavy atom. The predicted octanol–water partition coefficient (Wildman–Crippen LogP) is 3.05. The highest BCUT2D eigenvalue weighted by Crippen LogP contribution is 2.30. The van der Waals surface area contributed by atoms with Gasteiger partial charge in [0.25, 0.3) is 0 Å². The molecule has 1 aliphatic rings. The molecule has 7 nitrogen and oxygen atoms in total. The van der Waals surface area contributed by atoms with E-state index in [2.05, 4.69) is 0 Å². The van der Waals surface area contributed by atoms with Crippen molar-refractivity contribution in [2.24, 2.45) is 0 Å². The van der Waals surface area contributed by atoms with E-state index in [9.17, 15) is 14.4 Å². The number of hydrogen-bond donors (Lipinski definition) is 0. The van der Waals surface area contributed by atoms with Crippen molar-refractivity contribution in [3.8, 4) is 0 Å². The van der Waals surface area contributed by atoms with Crippen molar-refractivity contribution >= 4 is 18.0 Å². The van der Waals surface area contributed by atoms with Crippen molar-refractivity contribution in [3.05, 3.63) is 0 Å². The highest BCUT2D eigenvalue weighted by atomic mass is 16.6. The zero-order valence-corrected chi connectivity index (χ0v) is 16.4. The van der Waals surface area contributed by atoms with Crippen LogP contribution in [0.4, 0.5) is 4.79 Å². The Bertz CT molecular complexity index is 503. The van der Waals surface area contributed by atoms with Crippen molar-refractivity contribution in [2.45, 2.75) is 91.0 Å². The van der Waals surface area contributed by atoms with Gasteiger partial charge in [0.1, 0.15) is 17.2 Å². The van der Waals surface area contributed by atoms with Crippen LogP contribution in [0, 0.1) is 0 Å². The molecular formula is C18H31NO6. The number of rotatable bonds is 4. The van der Waals surface area contributed by atoms with E-state index in [1.54, 1.807) is 48.5 Å². The molecule has 0 radical (unpaired) electrons. The summed E-state index contributed by atoms with van der Waals surface area (Å²) in [6.07, 6.45) is 0.363. The third kappa shape index (κ3) is 6.92. The Hall–Kier alpha value is -1.79. The Morgan fingerprint density at radius 2 is 1.52 bits per heavy atom. The number of likely N-dealkylation sites (tertiary alicyclic amines) is 1. The van der Waals surface area contributed by atoms with Crippen LogP contribution in [0.2, 0.25) is 0 Å². The summed E-state index contributed by atoms with van der Waals surface area (Å²) in [5, 5.41) is 0. The third-order valence-corrected chi connectivity index (χ3v) is 3.49. The number of nitrogens with zero attached hydrogens (tertiary/aromatic N) is 1. The fraction of sp³-hybridized carbons (Fsp3) is 0.833. The lowest BCUT2D eigenvalue weighted by Gasteiger charge is -2.32. The standard InChI is InChI=1S/C18H31NO6/c1-8-23-14(20)11-12-9-10-13(15(21)24-17(2,3)4)19(12)16(22)25-18(5,6)7/h12-13H,8-11H2,1-7H3/t12-,13-/m0/s1. The highest BCUT2D eigenvalue weighted by molar-refractivity contribution is 5.83. The maximum atomic E-state index is 12.6. The van der Waals surface area contributed by atoms with Gasteiger partial charge in [0, 0.05) is 6.04 Å². The van der Waals surface area contributed by atoms with E-state index in [0.29, 0.717) is 12.8 Å². The maximum Gasteiger partial charge on any atom is 0.411 e. The zero-order valence-electron chi connectivity index (χ0n) is 16.4. The number of ether oxygens (including phenoxy) is 3. The summed E-state index contributed by atoms with van der Waals surface area (Å²) >= 11 is 0. The van der Waals surface area contributed by atoms with Gasteiger partial charge in [-0.3, -0.25) is 9.69 Å². The van der Waals surface area contributed by atoms with Gasteiger partial charge in [0.2, 0.25) is 0 Å². The quantitative estimate of drug-likeness (QED) is 0.568. The molecular weight excluding hydrogens is 326 g/mol. The smallest absolute Gasteiger partial charge is 0.411 e. The fourth-order valence-electron chi connectivity index (χ4n) is 2.69. The van der Waals surface area contributed by atoms with E-state index in [4.69, 9.17) is 14.2 Å². The van der Waals surface area contributed by atoms with Gasteiger partial charge < -0.3 is 14.2 Å². The SMILES string of the molecule is CCOC(=O)C[C@@H]1CC[C@@H](C(=O)OC(C)(C)C)N1C(=O)OC(C)(C)C. The lowest BCUT2D eigenvalue weighted by molar-refractivity contribution is -0.161. The second kappa shape index (κ2) is 8.06. The van der Waals surface area contributed by atoms with E-state index in [0.717, 1.165) is 0 Å². The molecule has 1 heterocycles. The van der Waals surface area contributed by atoms with Crippen LogP contribution in [0.5, 0.6) is 0 Å². The molecule has 0 saturated carbocycles. The molecule has 0 aromatic carbocycles. The van der Waals surface area contributed by atoms with Crippen molar-refractivity contribution in [1.82, 2.24) is 4.90 Å². The Labute approximate surface area is 150 Å². The molecule has 1 amide bonds. The normalized spacial score (nSPS) is 21.0. The monoisotopic (exact) mass is 357 g/mol. The van der Waals surface area contributed by atoms with Crippen molar-refractivity contribution < 1.29 is 28.6 Å². The van der Waals surface area contributed by atoms with Crippen LogP contribution in [0.15, 0.2) is 0 Å². The summed E-state index contributed by atoms with van der Waals surface area (Å²) in [6.45, 7) is 12.6. The minimum absolute atomic E-state index is 0.0341. The molecule has 1 aliphatic heterocycles. The van der Waals surface area contributed by atoms with Crippen LogP contribution < -0.4 is 0 Å². The van der Waals surface area contributed by atoms with Crippen LogP contribution in [-0.2, 0) is 23.8 Å². The summed E-state index contributed by atoms with van der Waals surface area (Å²) in [7, 11) is 0. The van der Waals surface area contributed by atoms with E-state index < -0.39 is 41.3 Å². The number of carbonyl (C=O) groups excluding carboxylic acids is 3. The van der Waals surface area contributed by atoms with Gasteiger partial charge in [-0.15, -0.1) is 0 Å². The molecule has 0 N–H and O–H groups in total. The molecule has 144 valence electrons. The first kappa shape index (κ1) is 21.3. The molecule has 1 rings (SSSR count). The zero-order chi connectivity index (χ0) is 19.4. The molecule has 1 saturated heterocycles. The molecule has 0 bridgehead atoms. The van der Waals surface area contributed by atoms with Gasteiger partial charge in [-0.25, -0.2) is 9.59 Å². The summed E-state index contributed by atoms with van der Waals surface area (Å²) in [5.41, 5.74) is -1.36. The number of hydrogen-bond acceptors (Lipinski definition) is 6. The molecule has 0 aromatic rings. The van der Waals surface area contributed by atoms with E-state index in [1.807, 2.05) is 0 Å². The van der Waals surface area contributed by atoms with Crippen molar-refractivity contribution in [2.75, 3.05) is 6.61 Å². The topological polar surface area (TPSA) is 82.1 Å². The highest BCUT2D eigenvalue weighted by Gasteiger charge is 2.45. The van der Waals surface area contributed by atoms with Crippen LogP contribution in [0.3, 0.4) is 0 Å². The molecule has 1 fully saturated rings. The minimum atomic E-state index is -0.756. The Kier molecular flexibility index (Phi) is 6.85. The first-order valence-electron chi connectivity index (χ1n) is 8.74. The van der Waals surface area contributed by atoms with Crippen LogP contribution in [-0.4, -0.2) is 52.8 Å². The first-order chi connectivity index (χ1) is 11.3. The molecule has 0 spiro atoms. The van der Waals surface area contributed by atoms with Crippen LogP contribution in [0.25, 0.3) is 0 Å². The van der Waals surface area contributed by atoms with E-state index in [-0.39, 0.29) is 13.0 Å². The fourth-order valence-corrected chi connectivity index (χ4v) is 2.69. The Balaban J connectivity index is 2.97. The molecule has 0 unspecified atom stereocenters. The lowest BCUT2D eigenvalue weighted by atomic mass is 10.1. The van der Waals surface area contributed by atoms with Crippen molar-refractivity contribution in [3.63, 3.8) is 0 Å². The second-order valence-electron chi connectivity index (χ2n) is 8.18. The molecule has 25 heavy (non-hydrogen) atoms.